The highest BCUT2D eigenvalue weighted by Gasteiger charge is 2.04. The molecule has 0 atom stereocenters. The van der Waals surface area contributed by atoms with Crippen molar-refractivity contribution in [3.05, 3.63) is 46.4 Å². The Bertz CT molecular complexity index is 641. The molecule has 0 aromatic heterocycles. The van der Waals surface area contributed by atoms with Gasteiger partial charge < -0.3 is 14.6 Å². The smallest absolute Gasteiger partial charge is 0.162 e. The van der Waals surface area contributed by atoms with E-state index < -0.39 is 0 Å². The maximum Gasteiger partial charge on any atom is 0.162 e. The third-order valence-corrected chi connectivity index (χ3v) is 3.20. The number of aliphatic imine (C=N–C) groups is 1. The molecule has 0 fully saturated rings. The summed E-state index contributed by atoms with van der Waals surface area (Å²) in [7, 11) is 3.16. The Balaban J connectivity index is 2.29. The standard InChI is InChI=1S/C15H14BrNO3/c1-19-14-6-4-12(8-15(14)20-2)17-9-10-7-11(16)3-5-13(10)18/h3-9,18H,1-2H3. The third kappa shape index (κ3) is 3.30. The molecule has 0 aliphatic rings. The zero-order chi connectivity index (χ0) is 14.5. The van der Waals surface area contributed by atoms with Crippen molar-refractivity contribution in [3.63, 3.8) is 0 Å². The number of nitrogens with zero attached hydrogens (tertiary/aromatic N) is 1. The van der Waals surface area contributed by atoms with Gasteiger partial charge in [0.25, 0.3) is 0 Å². The van der Waals surface area contributed by atoms with Crippen LogP contribution in [0.3, 0.4) is 0 Å². The van der Waals surface area contributed by atoms with Gasteiger partial charge in [0.15, 0.2) is 11.5 Å². The summed E-state index contributed by atoms with van der Waals surface area (Å²) >= 11 is 3.35. The Hall–Kier alpha value is -2.01. The summed E-state index contributed by atoms with van der Waals surface area (Å²) < 4.78 is 11.3. The molecule has 4 nitrogen and oxygen atoms in total. The maximum absolute atomic E-state index is 9.74. The van der Waals surface area contributed by atoms with Crippen LogP contribution in [0.4, 0.5) is 5.69 Å². The van der Waals surface area contributed by atoms with Gasteiger partial charge in [-0.2, -0.15) is 0 Å². The van der Waals surface area contributed by atoms with Crippen molar-refractivity contribution in [3.8, 4) is 17.2 Å². The molecule has 2 aromatic carbocycles. The van der Waals surface area contributed by atoms with E-state index in [0.29, 0.717) is 22.7 Å². The summed E-state index contributed by atoms with van der Waals surface area (Å²) in [6, 6.07) is 10.5. The second kappa shape index (κ2) is 6.43. The fraction of sp³-hybridized carbons (Fsp3) is 0.133. The van der Waals surface area contributed by atoms with Gasteiger partial charge in [0, 0.05) is 22.3 Å². The van der Waals surface area contributed by atoms with E-state index in [-0.39, 0.29) is 5.75 Å². The zero-order valence-electron chi connectivity index (χ0n) is 11.1. The molecule has 0 spiro atoms. The van der Waals surface area contributed by atoms with E-state index >= 15 is 0 Å². The first kappa shape index (κ1) is 14.4. The summed E-state index contributed by atoms with van der Waals surface area (Å²) in [4.78, 5) is 4.32. The van der Waals surface area contributed by atoms with Gasteiger partial charge in [0.05, 0.1) is 19.9 Å². The number of hydrogen-bond donors (Lipinski definition) is 1. The lowest BCUT2D eigenvalue weighted by Crippen LogP contribution is -1.89. The second-order valence-electron chi connectivity index (χ2n) is 4.00. The molecule has 5 heteroatoms. The van der Waals surface area contributed by atoms with Crippen LogP contribution in [-0.2, 0) is 0 Å². The first-order valence-corrected chi connectivity index (χ1v) is 6.68. The number of hydrogen-bond acceptors (Lipinski definition) is 4. The molecule has 2 rings (SSSR count). The van der Waals surface area contributed by atoms with Crippen LogP contribution in [0.2, 0.25) is 0 Å². The van der Waals surface area contributed by atoms with Crippen LogP contribution in [0.5, 0.6) is 17.2 Å². The van der Waals surface area contributed by atoms with Crippen LogP contribution in [0.1, 0.15) is 5.56 Å². The summed E-state index contributed by atoms with van der Waals surface area (Å²) in [6.45, 7) is 0. The Labute approximate surface area is 125 Å². The zero-order valence-corrected chi connectivity index (χ0v) is 12.7. The quantitative estimate of drug-likeness (QED) is 0.861. The molecule has 0 amide bonds. The molecule has 0 bridgehead atoms. The van der Waals surface area contributed by atoms with Crippen LogP contribution < -0.4 is 9.47 Å². The SMILES string of the molecule is COc1ccc(N=Cc2cc(Br)ccc2O)cc1OC. The van der Waals surface area contributed by atoms with Gasteiger partial charge in [-0.3, -0.25) is 4.99 Å². The lowest BCUT2D eigenvalue weighted by atomic mass is 10.2. The fourth-order valence-corrected chi connectivity index (χ4v) is 2.06. The van der Waals surface area contributed by atoms with E-state index in [0.717, 1.165) is 4.47 Å². The average Bonchev–Trinajstić information content (AvgIpc) is 2.47. The van der Waals surface area contributed by atoms with Crippen molar-refractivity contribution in [1.82, 2.24) is 0 Å². The van der Waals surface area contributed by atoms with E-state index in [2.05, 4.69) is 20.9 Å². The number of phenols is 1. The molecule has 0 saturated carbocycles. The number of halogens is 1. The predicted molar refractivity (Wildman–Crippen MR) is 82.6 cm³/mol. The molecular weight excluding hydrogens is 322 g/mol. The van der Waals surface area contributed by atoms with E-state index in [4.69, 9.17) is 9.47 Å². The van der Waals surface area contributed by atoms with Crippen molar-refractivity contribution in [2.24, 2.45) is 4.99 Å². The van der Waals surface area contributed by atoms with Crippen LogP contribution in [0, 0.1) is 0 Å². The maximum atomic E-state index is 9.74. The number of rotatable bonds is 4. The largest absolute Gasteiger partial charge is 0.507 e. The molecule has 0 radical (unpaired) electrons. The summed E-state index contributed by atoms with van der Waals surface area (Å²) in [5.74, 6) is 1.44. The van der Waals surface area contributed by atoms with Crippen LogP contribution >= 0.6 is 15.9 Å². The minimum Gasteiger partial charge on any atom is -0.507 e. The Morgan fingerprint density at radius 3 is 2.50 bits per heavy atom. The number of ether oxygens (including phenoxy) is 2. The molecule has 2 aromatic rings. The minimum atomic E-state index is 0.178. The molecule has 0 saturated heterocycles. The van der Waals surface area contributed by atoms with Crippen LogP contribution in [0.25, 0.3) is 0 Å². The lowest BCUT2D eigenvalue weighted by Gasteiger charge is -2.07. The Morgan fingerprint density at radius 2 is 1.80 bits per heavy atom. The van der Waals surface area contributed by atoms with Gasteiger partial charge in [0.2, 0.25) is 0 Å². The summed E-state index contributed by atoms with van der Waals surface area (Å²) in [6.07, 6.45) is 1.60. The highest BCUT2D eigenvalue weighted by molar-refractivity contribution is 9.10. The molecule has 0 unspecified atom stereocenters. The third-order valence-electron chi connectivity index (χ3n) is 2.71. The van der Waals surface area contributed by atoms with E-state index in [1.807, 2.05) is 6.07 Å². The lowest BCUT2D eigenvalue weighted by molar-refractivity contribution is 0.355. The van der Waals surface area contributed by atoms with Crippen molar-refractivity contribution >= 4 is 27.8 Å². The highest BCUT2D eigenvalue weighted by Crippen LogP contribution is 2.31. The number of methoxy groups -OCH3 is 2. The van der Waals surface area contributed by atoms with Crippen molar-refractivity contribution < 1.29 is 14.6 Å². The molecule has 0 aliphatic heterocycles. The van der Waals surface area contributed by atoms with Crippen molar-refractivity contribution in [2.45, 2.75) is 0 Å². The topological polar surface area (TPSA) is 51.0 Å². The van der Waals surface area contributed by atoms with Gasteiger partial charge in [-0.1, -0.05) is 15.9 Å². The van der Waals surface area contributed by atoms with Gasteiger partial charge in [-0.15, -0.1) is 0 Å². The number of benzene rings is 2. The van der Waals surface area contributed by atoms with E-state index in [1.165, 1.54) is 0 Å². The fourth-order valence-electron chi connectivity index (χ4n) is 1.68. The monoisotopic (exact) mass is 335 g/mol. The predicted octanol–water partition coefficient (Wildman–Crippen LogP) is 3.92. The average molecular weight is 336 g/mol. The number of phenolic OH excluding ortho intramolecular Hbond substituents is 1. The summed E-state index contributed by atoms with van der Waals surface area (Å²) in [5.41, 5.74) is 1.34. The number of aromatic hydroxyl groups is 1. The first-order chi connectivity index (χ1) is 9.63. The normalized spacial score (nSPS) is 10.8. The highest BCUT2D eigenvalue weighted by atomic mass is 79.9. The molecule has 1 N–H and O–H groups in total. The molecule has 0 aliphatic carbocycles. The van der Waals surface area contributed by atoms with Gasteiger partial charge >= 0.3 is 0 Å². The minimum absolute atomic E-state index is 0.178. The summed E-state index contributed by atoms with van der Waals surface area (Å²) in [5, 5.41) is 9.74. The van der Waals surface area contributed by atoms with Crippen molar-refractivity contribution in [1.29, 1.82) is 0 Å². The Kier molecular flexibility index (Phi) is 4.63. The molecule has 0 heterocycles. The second-order valence-corrected chi connectivity index (χ2v) is 4.92. The molecular formula is C15H14BrNO3. The van der Waals surface area contributed by atoms with E-state index in [9.17, 15) is 5.11 Å². The van der Waals surface area contributed by atoms with E-state index in [1.54, 1.807) is 50.8 Å². The Morgan fingerprint density at radius 1 is 1.05 bits per heavy atom. The first-order valence-electron chi connectivity index (χ1n) is 5.88. The van der Waals surface area contributed by atoms with Crippen molar-refractivity contribution in [2.75, 3.05) is 14.2 Å². The van der Waals surface area contributed by atoms with Gasteiger partial charge in [0.1, 0.15) is 5.75 Å². The van der Waals surface area contributed by atoms with Gasteiger partial charge in [-0.25, -0.2) is 0 Å². The molecule has 20 heavy (non-hydrogen) atoms. The van der Waals surface area contributed by atoms with Crippen LogP contribution in [-0.4, -0.2) is 25.5 Å². The van der Waals surface area contributed by atoms with Gasteiger partial charge in [-0.05, 0) is 30.3 Å². The molecule has 104 valence electrons. The van der Waals surface area contributed by atoms with Crippen LogP contribution in [0.15, 0.2) is 45.9 Å².